The number of benzene rings is 2. The van der Waals surface area contributed by atoms with Gasteiger partial charge >= 0.3 is 0 Å². The molecule has 0 saturated heterocycles. The summed E-state index contributed by atoms with van der Waals surface area (Å²) in [6, 6.07) is 12.1. The minimum atomic E-state index is -0.209. The summed E-state index contributed by atoms with van der Waals surface area (Å²) in [5, 5.41) is 1.89. The highest BCUT2D eigenvalue weighted by Crippen LogP contribution is 2.27. The van der Waals surface area contributed by atoms with Gasteiger partial charge in [-0.1, -0.05) is 53.0 Å². The minimum absolute atomic E-state index is 0.209. The van der Waals surface area contributed by atoms with E-state index in [1.54, 1.807) is 36.4 Å². The van der Waals surface area contributed by atoms with Crippen LogP contribution >= 0.6 is 35.0 Å². The summed E-state index contributed by atoms with van der Waals surface area (Å²) in [7, 11) is 0. The van der Waals surface area contributed by atoms with Crippen LogP contribution in [0.5, 0.6) is 0 Å². The Labute approximate surface area is 147 Å². The van der Waals surface area contributed by atoms with Gasteiger partial charge in [0.15, 0.2) is 5.16 Å². The van der Waals surface area contributed by atoms with Crippen LogP contribution in [0.15, 0.2) is 52.4 Å². The maximum atomic E-state index is 12.9. The lowest BCUT2D eigenvalue weighted by molar-refractivity contribution is 0.821. The number of halogens is 2. The molecule has 0 aliphatic rings. The summed E-state index contributed by atoms with van der Waals surface area (Å²) in [6.45, 7) is 0. The second-order valence-electron chi connectivity index (χ2n) is 4.64. The maximum Gasteiger partial charge on any atom is 0.266 e. The Balaban J connectivity index is 2.37. The average molecular weight is 361 g/mol. The van der Waals surface area contributed by atoms with E-state index in [0.717, 1.165) is 0 Å². The molecule has 0 radical (unpaired) electrons. The molecular formula is C17H10Cl2N2OS. The molecule has 1 heterocycles. The average Bonchev–Trinajstić information content (AvgIpc) is 2.56. The number of hydrogen-bond acceptors (Lipinski definition) is 3. The number of rotatable bonds is 3. The molecule has 0 aliphatic heterocycles. The SMILES string of the molecule is C#CCSc1nc2ccccc2c(=O)n1-c1cc(Cl)ccc1Cl. The Morgan fingerprint density at radius 1 is 1.22 bits per heavy atom. The van der Waals surface area contributed by atoms with E-state index in [-0.39, 0.29) is 5.56 Å². The first-order chi connectivity index (χ1) is 11.1. The summed E-state index contributed by atoms with van der Waals surface area (Å²) in [6.07, 6.45) is 5.34. The zero-order valence-electron chi connectivity index (χ0n) is 11.8. The molecule has 114 valence electrons. The normalized spacial score (nSPS) is 10.7. The number of aromatic nitrogens is 2. The molecular weight excluding hydrogens is 351 g/mol. The Kier molecular flexibility index (Phi) is 4.63. The fourth-order valence-corrected chi connectivity index (χ4v) is 3.24. The molecule has 0 fully saturated rings. The topological polar surface area (TPSA) is 34.9 Å². The van der Waals surface area contributed by atoms with Crippen LogP contribution in [0, 0.1) is 12.3 Å². The molecule has 3 nitrogen and oxygen atoms in total. The molecule has 0 bridgehead atoms. The van der Waals surface area contributed by atoms with Gasteiger partial charge in [0.25, 0.3) is 5.56 Å². The van der Waals surface area contributed by atoms with E-state index in [9.17, 15) is 4.79 Å². The summed E-state index contributed by atoms with van der Waals surface area (Å²) in [4.78, 5) is 17.5. The smallest absolute Gasteiger partial charge is 0.266 e. The van der Waals surface area contributed by atoms with Gasteiger partial charge in [0, 0.05) is 5.02 Å². The zero-order valence-corrected chi connectivity index (χ0v) is 14.1. The van der Waals surface area contributed by atoms with E-state index < -0.39 is 0 Å². The molecule has 3 rings (SSSR count). The molecule has 1 aromatic heterocycles. The number of hydrogen-bond donors (Lipinski definition) is 0. The van der Waals surface area contributed by atoms with E-state index in [1.807, 2.05) is 6.07 Å². The zero-order chi connectivity index (χ0) is 16.4. The van der Waals surface area contributed by atoms with Gasteiger partial charge < -0.3 is 0 Å². The van der Waals surface area contributed by atoms with Gasteiger partial charge in [-0.15, -0.1) is 6.42 Å². The maximum absolute atomic E-state index is 12.9. The predicted octanol–water partition coefficient (Wildman–Crippen LogP) is 4.42. The lowest BCUT2D eigenvalue weighted by Gasteiger charge is -2.14. The largest absolute Gasteiger partial charge is 0.268 e. The third-order valence-corrected chi connectivity index (χ3v) is 4.58. The number of fused-ring (bicyclic) bond motifs is 1. The monoisotopic (exact) mass is 360 g/mol. The molecule has 3 aromatic rings. The van der Waals surface area contributed by atoms with E-state index in [1.165, 1.54) is 16.3 Å². The van der Waals surface area contributed by atoms with Gasteiger partial charge in [0.2, 0.25) is 0 Å². The fourth-order valence-electron chi connectivity index (χ4n) is 2.19. The lowest BCUT2D eigenvalue weighted by atomic mass is 10.2. The molecule has 0 aliphatic carbocycles. The number of para-hydroxylation sites is 1. The highest BCUT2D eigenvalue weighted by atomic mass is 35.5. The molecule has 23 heavy (non-hydrogen) atoms. The van der Waals surface area contributed by atoms with Crippen molar-refractivity contribution >= 4 is 45.9 Å². The Hall–Kier alpha value is -1.93. The van der Waals surface area contributed by atoms with Crippen molar-refractivity contribution in [3.63, 3.8) is 0 Å². The van der Waals surface area contributed by atoms with Gasteiger partial charge in [-0.2, -0.15) is 0 Å². The second-order valence-corrected chi connectivity index (χ2v) is 6.43. The Morgan fingerprint density at radius 2 is 2.00 bits per heavy atom. The van der Waals surface area contributed by atoms with Crippen LogP contribution in [0.2, 0.25) is 10.0 Å². The summed E-state index contributed by atoms with van der Waals surface area (Å²) in [5.41, 5.74) is 0.896. The van der Waals surface area contributed by atoms with Gasteiger partial charge in [-0.25, -0.2) is 4.98 Å². The van der Waals surface area contributed by atoms with Crippen LogP contribution in [0.1, 0.15) is 0 Å². The quantitative estimate of drug-likeness (QED) is 0.394. The predicted molar refractivity (Wildman–Crippen MR) is 96.9 cm³/mol. The summed E-state index contributed by atoms with van der Waals surface area (Å²) >= 11 is 13.6. The Bertz CT molecular complexity index is 992. The van der Waals surface area contributed by atoms with Gasteiger partial charge in [0.1, 0.15) is 0 Å². The second kappa shape index (κ2) is 6.67. The third kappa shape index (κ3) is 3.09. The number of nitrogens with zero attached hydrogens (tertiary/aromatic N) is 2. The molecule has 2 aromatic carbocycles. The van der Waals surface area contributed by atoms with Gasteiger partial charge in [-0.05, 0) is 30.3 Å². The van der Waals surface area contributed by atoms with Crippen molar-refractivity contribution in [3.05, 3.63) is 62.9 Å². The van der Waals surface area contributed by atoms with Crippen molar-refractivity contribution in [2.75, 3.05) is 5.75 Å². The van der Waals surface area contributed by atoms with Crippen LogP contribution in [-0.4, -0.2) is 15.3 Å². The van der Waals surface area contributed by atoms with Crippen LogP contribution in [0.4, 0.5) is 0 Å². The van der Waals surface area contributed by atoms with Crippen molar-refractivity contribution in [3.8, 4) is 18.0 Å². The standard InChI is InChI=1S/C17H10Cl2N2OS/c1-2-9-23-17-20-14-6-4-3-5-12(14)16(22)21(17)15-10-11(18)7-8-13(15)19/h1,3-8,10H,9H2. The van der Waals surface area contributed by atoms with Crippen LogP contribution < -0.4 is 5.56 Å². The van der Waals surface area contributed by atoms with Crippen molar-refractivity contribution < 1.29 is 0 Å². The Morgan fingerprint density at radius 3 is 2.78 bits per heavy atom. The molecule has 0 spiro atoms. The van der Waals surface area contributed by atoms with Gasteiger partial charge in [0.05, 0.1) is 27.4 Å². The van der Waals surface area contributed by atoms with Crippen LogP contribution in [0.25, 0.3) is 16.6 Å². The van der Waals surface area contributed by atoms with E-state index in [4.69, 9.17) is 29.6 Å². The highest BCUT2D eigenvalue weighted by molar-refractivity contribution is 7.99. The molecule has 0 unspecified atom stereocenters. The van der Waals surface area contributed by atoms with E-state index in [2.05, 4.69) is 10.9 Å². The molecule has 0 amide bonds. The molecule has 0 atom stereocenters. The van der Waals surface area contributed by atoms with Crippen molar-refractivity contribution in [1.82, 2.24) is 9.55 Å². The van der Waals surface area contributed by atoms with Crippen molar-refractivity contribution in [1.29, 1.82) is 0 Å². The highest BCUT2D eigenvalue weighted by Gasteiger charge is 2.15. The van der Waals surface area contributed by atoms with Crippen molar-refractivity contribution in [2.24, 2.45) is 0 Å². The van der Waals surface area contributed by atoms with Crippen LogP contribution in [0.3, 0.4) is 0 Å². The lowest BCUT2D eigenvalue weighted by Crippen LogP contribution is -2.22. The third-order valence-electron chi connectivity index (χ3n) is 3.18. The number of terminal acetylenes is 1. The van der Waals surface area contributed by atoms with E-state index in [0.29, 0.717) is 37.5 Å². The molecule has 6 heteroatoms. The van der Waals surface area contributed by atoms with Crippen molar-refractivity contribution in [2.45, 2.75) is 5.16 Å². The summed E-state index contributed by atoms with van der Waals surface area (Å²) in [5.74, 6) is 2.93. The first kappa shape index (κ1) is 15.9. The summed E-state index contributed by atoms with van der Waals surface area (Å²) < 4.78 is 1.46. The van der Waals surface area contributed by atoms with Gasteiger partial charge in [-0.3, -0.25) is 9.36 Å². The van der Waals surface area contributed by atoms with E-state index >= 15 is 0 Å². The molecule has 0 saturated carbocycles. The first-order valence-corrected chi connectivity index (χ1v) is 8.39. The molecule has 0 N–H and O–H groups in total. The van der Waals surface area contributed by atoms with Crippen LogP contribution in [-0.2, 0) is 0 Å². The fraction of sp³-hybridized carbons (Fsp3) is 0.0588. The first-order valence-electron chi connectivity index (χ1n) is 6.65. The minimum Gasteiger partial charge on any atom is -0.268 e. The number of thioether (sulfide) groups is 1.